The van der Waals surface area contributed by atoms with Crippen LogP contribution in [0.4, 0.5) is 0 Å². The van der Waals surface area contributed by atoms with Gasteiger partial charge >= 0.3 is 0 Å². The average molecular weight is 435 g/mol. The Morgan fingerprint density at radius 1 is 0.625 bits per heavy atom. The molecule has 4 rings (SSSR count). The number of benzene rings is 2. The third-order valence-corrected chi connectivity index (χ3v) is 4.30. The van der Waals surface area contributed by atoms with Gasteiger partial charge in [-0.1, -0.05) is 86.8 Å². The second-order valence-electron chi connectivity index (χ2n) is 5.63. The third-order valence-electron chi connectivity index (χ3n) is 4.30. The molecule has 0 saturated carbocycles. The van der Waals surface area contributed by atoms with Gasteiger partial charge in [0.2, 0.25) is 0 Å². The van der Waals surface area contributed by atoms with Gasteiger partial charge in [0, 0.05) is 32.9 Å². The SMILES string of the molecule is C=Cc1[nH]c2cc3c(=O)c4ccccc4[nH]c3cc2c(=O)c1C=C.CC.CC.CC.CC. The molecule has 0 fully saturated rings. The number of para-hydroxylation sites is 1. The van der Waals surface area contributed by atoms with Crippen LogP contribution in [0, 0.1) is 0 Å². The molecule has 0 radical (unpaired) electrons. The van der Waals surface area contributed by atoms with Crippen molar-refractivity contribution >= 4 is 44.9 Å². The summed E-state index contributed by atoms with van der Waals surface area (Å²) in [7, 11) is 0. The highest BCUT2D eigenvalue weighted by molar-refractivity contribution is 6.00. The molecule has 2 aromatic heterocycles. The number of aromatic nitrogens is 2. The second-order valence-corrected chi connectivity index (χ2v) is 5.63. The molecule has 2 N–H and O–H groups in total. The Balaban J connectivity index is 0.00000109. The molecule has 172 valence electrons. The van der Waals surface area contributed by atoms with Crippen LogP contribution in [0.5, 0.6) is 0 Å². The van der Waals surface area contributed by atoms with Crippen LogP contribution in [-0.2, 0) is 0 Å². The molecule has 0 unspecified atom stereocenters. The first-order chi connectivity index (χ1) is 15.6. The van der Waals surface area contributed by atoms with Crippen molar-refractivity contribution in [1.29, 1.82) is 0 Å². The first kappa shape index (κ1) is 28.6. The monoisotopic (exact) mass is 434 g/mol. The lowest BCUT2D eigenvalue weighted by molar-refractivity contribution is 1.34. The van der Waals surface area contributed by atoms with E-state index in [-0.39, 0.29) is 10.9 Å². The van der Waals surface area contributed by atoms with Crippen LogP contribution >= 0.6 is 0 Å². The zero-order valence-electron chi connectivity index (χ0n) is 20.8. The Morgan fingerprint density at radius 3 is 1.66 bits per heavy atom. The highest BCUT2D eigenvalue weighted by Crippen LogP contribution is 2.21. The summed E-state index contributed by atoms with van der Waals surface area (Å²) in [5.74, 6) is 0. The maximum atomic E-state index is 12.7. The van der Waals surface area contributed by atoms with Crippen molar-refractivity contribution in [2.24, 2.45) is 0 Å². The quantitative estimate of drug-likeness (QED) is 0.315. The summed E-state index contributed by atoms with van der Waals surface area (Å²) >= 11 is 0. The van der Waals surface area contributed by atoms with E-state index < -0.39 is 0 Å². The third kappa shape index (κ3) is 5.64. The van der Waals surface area contributed by atoms with E-state index in [2.05, 4.69) is 23.1 Å². The summed E-state index contributed by atoms with van der Waals surface area (Å²) in [5.41, 5.74) is 2.86. The molecule has 0 atom stereocenters. The van der Waals surface area contributed by atoms with Crippen LogP contribution < -0.4 is 10.9 Å². The fraction of sp³-hybridized carbons (Fsp3) is 0.286. The first-order valence-corrected chi connectivity index (χ1v) is 11.5. The van der Waals surface area contributed by atoms with Crippen LogP contribution in [0.15, 0.2) is 59.1 Å². The summed E-state index contributed by atoms with van der Waals surface area (Å²) in [5, 5.41) is 1.67. The predicted octanol–water partition coefficient (Wildman–Crippen LogP) is 7.91. The number of aromatic amines is 2. The lowest BCUT2D eigenvalue weighted by atomic mass is 10.0. The minimum Gasteiger partial charge on any atom is -0.354 e. The molecular weight excluding hydrogens is 396 g/mol. The van der Waals surface area contributed by atoms with Gasteiger partial charge in [-0.25, -0.2) is 0 Å². The Bertz CT molecular complexity index is 1280. The van der Waals surface area contributed by atoms with Gasteiger partial charge in [0.1, 0.15) is 0 Å². The topological polar surface area (TPSA) is 65.7 Å². The molecule has 0 spiro atoms. The summed E-state index contributed by atoms with van der Waals surface area (Å²) in [6.45, 7) is 23.4. The zero-order valence-corrected chi connectivity index (χ0v) is 20.8. The van der Waals surface area contributed by atoms with Gasteiger partial charge in [0.15, 0.2) is 10.9 Å². The van der Waals surface area contributed by atoms with Gasteiger partial charge < -0.3 is 9.97 Å². The molecule has 0 aliphatic rings. The molecule has 2 heterocycles. The van der Waals surface area contributed by atoms with Gasteiger partial charge in [-0.15, -0.1) is 0 Å². The molecule has 32 heavy (non-hydrogen) atoms. The van der Waals surface area contributed by atoms with Crippen molar-refractivity contribution in [3.05, 3.63) is 81.3 Å². The Labute approximate surface area is 191 Å². The summed E-state index contributed by atoms with van der Waals surface area (Å²) in [4.78, 5) is 31.8. The zero-order chi connectivity index (χ0) is 24.8. The summed E-state index contributed by atoms with van der Waals surface area (Å²) < 4.78 is 0. The van der Waals surface area contributed by atoms with E-state index in [4.69, 9.17) is 0 Å². The van der Waals surface area contributed by atoms with Crippen LogP contribution in [-0.4, -0.2) is 9.97 Å². The minimum absolute atomic E-state index is 0.0601. The fourth-order valence-electron chi connectivity index (χ4n) is 3.11. The number of rotatable bonds is 2. The Morgan fingerprint density at radius 2 is 1.12 bits per heavy atom. The van der Waals surface area contributed by atoms with Crippen molar-refractivity contribution in [3.63, 3.8) is 0 Å². The Kier molecular flexibility index (Phi) is 13.0. The van der Waals surface area contributed by atoms with Gasteiger partial charge in [-0.3, -0.25) is 9.59 Å². The molecule has 4 aromatic rings. The largest absolute Gasteiger partial charge is 0.354 e. The highest BCUT2D eigenvalue weighted by atomic mass is 16.1. The number of H-pyrrole nitrogens is 2. The van der Waals surface area contributed by atoms with E-state index in [1.54, 1.807) is 24.3 Å². The van der Waals surface area contributed by atoms with Crippen molar-refractivity contribution in [2.45, 2.75) is 55.4 Å². The molecule has 4 heteroatoms. The number of hydrogen-bond acceptors (Lipinski definition) is 2. The van der Waals surface area contributed by atoms with E-state index in [1.807, 2.05) is 73.6 Å². The fourth-order valence-corrected chi connectivity index (χ4v) is 3.11. The van der Waals surface area contributed by atoms with Gasteiger partial charge in [-0.2, -0.15) is 0 Å². The van der Waals surface area contributed by atoms with Crippen molar-refractivity contribution < 1.29 is 0 Å². The second kappa shape index (κ2) is 14.6. The van der Waals surface area contributed by atoms with E-state index in [1.165, 1.54) is 6.08 Å². The minimum atomic E-state index is -0.135. The number of pyridine rings is 2. The lowest BCUT2D eigenvalue weighted by Crippen LogP contribution is -2.11. The lowest BCUT2D eigenvalue weighted by Gasteiger charge is -2.08. The van der Waals surface area contributed by atoms with Crippen LogP contribution in [0.2, 0.25) is 0 Å². The van der Waals surface area contributed by atoms with E-state index >= 15 is 0 Å². The van der Waals surface area contributed by atoms with Crippen LogP contribution in [0.3, 0.4) is 0 Å². The summed E-state index contributed by atoms with van der Waals surface area (Å²) in [6, 6.07) is 10.8. The van der Waals surface area contributed by atoms with E-state index in [9.17, 15) is 9.59 Å². The molecule has 0 bridgehead atoms. The first-order valence-electron chi connectivity index (χ1n) is 11.5. The van der Waals surface area contributed by atoms with Gasteiger partial charge in [0.05, 0.1) is 11.0 Å². The van der Waals surface area contributed by atoms with Gasteiger partial charge in [0.25, 0.3) is 0 Å². The standard InChI is InChI=1S/C20H14N2O2.4C2H6/c1-3-11-15(4-2)21-17-10-14-18(9-13(17)19(11)23)22-16-8-6-5-7-12(16)20(14)24;4*1-2/h3-10H,1-2H2,(H,21,23)(H,22,24);4*1-2H3. The maximum absolute atomic E-state index is 12.7. The molecule has 2 aromatic carbocycles. The maximum Gasteiger partial charge on any atom is 0.197 e. The van der Waals surface area contributed by atoms with Crippen LogP contribution in [0.1, 0.15) is 66.6 Å². The Hall–Kier alpha value is -3.40. The molecule has 0 saturated heterocycles. The molecule has 0 aliphatic heterocycles. The summed E-state index contributed by atoms with van der Waals surface area (Å²) in [6.07, 6.45) is 3.09. The highest BCUT2D eigenvalue weighted by Gasteiger charge is 2.11. The van der Waals surface area contributed by atoms with E-state index in [0.717, 1.165) is 5.52 Å². The van der Waals surface area contributed by atoms with Crippen LogP contribution in [0.25, 0.3) is 44.9 Å². The van der Waals surface area contributed by atoms with Crippen molar-refractivity contribution in [1.82, 2.24) is 9.97 Å². The van der Waals surface area contributed by atoms with E-state index in [0.29, 0.717) is 38.4 Å². The number of hydrogen-bond donors (Lipinski definition) is 2. The molecule has 0 amide bonds. The normalized spacial score (nSPS) is 9.12. The van der Waals surface area contributed by atoms with Gasteiger partial charge in [-0.05, 0) is 30.3 Å². The predicted molar refractivity (Wildman–Crippen MR) is 146 cm³/mol. The molecule has 4 nitrogen and oxygen atoms in total. The molecule has 0 aliphatic carbocycles. The smallest absolute Gasteiger partial charge is 0.197 e. The van der Waals surface area contributed by atoms with Crippen molar-refractivity contribution in [3.8, 4) is 0 Å². The number of fused-ring (bicyclic) bond motifs is 3. The number of nitrogens with one attached hydrogen (secondary N) is 2. The van der Waals surface area contributed by atoms with Crippen molar-refractivity contribution in [2.75, 3.05) is 0 Å². The average Bonchev–Trinajstić information content (AvgIpc) is 2.88. The molecular formula is C28H38N2O2.